The highest BCUT2D eigenvalue weighted by Crippen LogP contribution is 2.34. The van der Waals surface area contributed by atoms with Gasteiger partial charge in [0, 0.05) is 0 Å². The molecule has 0 aliphatic heterocycles. The molecule has 0 aliphatic carbocycles. The van der Waals surface area contributed by atoms with Crippen LogP contribution in [0.2, 0.25) is 0 Å². The van der Waals surface area contributed by atoms with E-state index in [4.69, 9.17) is 9.47 Å². The van der Waals surface area contributed by atoms with Crippen LogP contribution in [-0.2, 0) is 16.2 Å². The molecule has 0 saturated heterocycles. The number of hydroxylamine groups is 1. The van der Waals surface area contributed by atoms with Crippen molar-refractivity contribution in [2.75, 3.05) is 14.2 Å². The molecule has 3 N–H and O–H groups in total. The van der Waals surface area contributed by atoms with Crippen molar-refractivity contribution in [2.45, 2.75) is 6.61 Å². The van der Waals surface area contributed by atoms with E-state index in [0.717, 1.165) is 6.07 Å². The number of nitro benzene ring substituents is 1. The molecule has 1 aromatic carbocycles. The van der Waals surface area contributed by atoms with Crippen LogP contribution in [0, 0.1) is 10.1 Å². The van der Waals surface area contributed by atoms with Crippen LogP contribution in [0.1, 0.15) is 5.56 Å². The summed E-state index contributed by atoms with van der Waals surface area (Å²) in [5.41, 5.74) is 5.94. The van der Waals surface area contributed by atoms with Gasteiger partial charge in [0.25, 0.3) is 5.69 Å². The predicted molar refractivity (Wildman–Crippen MR) is 70.2 cm³/mol. The molecular weight excluding hydrogens is 302 g/mol. The fourth-order valence-corrected chi connectivity index (χ4v) is 1.46. The molecule has 0 aliphatic rings. The standard InChI is InChI=1S/C11H13N3O8/c1-19-8-3-6(5-21-11(16)13-22-10(12)15)7(14(17)18)4-9(8)20-2/h3-4H,5H2,1-2H3,(H2,12,15)(H,13,16). The number of nitrogens with one attached hydrogen (secondary N) is 1. The molecule has 0 atom stereocenters. The number of methoxy groups -OCH3 is 2. The Kier molecular flexibility index (Phi) is 5.75. The fraction of sp³-hybridized carbons (Fsp3) is 0.273. The number of hydrogen-bond donors (Lipinski definition) is 2. The Hall–Kier alpha value is -3.24. The molecular formula is C11H13N3O8. The molecule has 0 unspecified atom stereocenters. The summed E-state index contributed by atoms with van der Waals surface area (Å²) in [4.78, 5) is 35.8. The zero-order valence-corrected chi connectivity index (χ0v) is 11.7. The first-order chi connectivity index (χ1) is 10.4. The second kappa shape index (κ2) is 7.52. The van der Waals surface area contributed by atoms with Crippen LogP contribution in [-0.4, -0.2) is 31.3 Å². The molecule has 11 nitrogen and oxygen atoms in total. The van der Waals surface area contributed by atoms with Gasteiger partial charge in [-0.25, -0.2) is 9.59 Å². The molecule has 0 heterocycles. The number of rotatable bonds is 5. The number of nitrogens with zero attached hydrogens (tertiary/aromatic N) is 1. The second-order valence-corrected chi connectivity index (χ2v) is 3.69. The van der Waals surface area contributed by atoms with Gasteiger partial charge in [0.05, 0.1) is 30.8 Å². The minimum atomic E-state index is -1.24. The molecule has 0 bridgehead atoms. The van der Waals surface area contributed by atoms with E-state index in [1.807, 2.05) is 0 Å². The predicted octanol–water partition coefficient (Wildman–Crippen LogP) is 0.849. The lowest BCUT2D eigenvalue weighted by molar-refractivity contribution is -0.385. The summed E-state index contributed by atoms with van der Waals surface area (Å²) in [6.07, 6.45) is -2.39. The third-order valence-corrected chi connectivity index (χ3v) is 2.38. The molecule has 0 radical (unpaired) electrons. The molecule has 0 fully saturated rings. The van der Waals surface area contributed by atoms with E-state index in [9.17, 15) is 19.7 Å². The topological polar surface area (TPSA) is 152 Å². The molecule has 120 valence electrons. The number of ether oxygens (including phenoxy) is 3. The van der Waals surface area contributed by atoms with Crippen molar-refractivity contribution in [3.05, 3.63) is 27.8 Å². The van der Waals surface area contributed by atoms with Crippen LogP contribution in [0.4, 0.5) is 15.3 Å². The lowest BCUT2D eigenvalue weighted by Crippen LogP contribution is -2.30. The third-order valence-electron chi connectivity index (χ3n) is 2.38. The van der Waals surface area contributed by atoms with E-state index in [1.165, 1.54) is 20.3 Å². The van der Waals surface area contributed by atoms with Crippen molar-refractivity contribution < 1.29 is 33.6 Å². The number of primary amides is 1. The Labute approximate surface area is 124 Å². The SMILES string of the molecule is COc1cc(COC(=O)NOC(N)=O)c([N+](=O)[O-])cc1OC. The number of amides is 2. The van der Waals surface area contributed by atoms with Gasteiger partial charge in [0.1, 0.15) is 6.61 Å². The number of nitrogens with two attached hydrogens (primary N) is 1. The van der Waals surface area contributed by atoms with E-state index < -0.39 is 23.7 Å². The Morgan fingerprint density at radius 2 is 1.86 bits per heavy atom. The third kappa shape index (κ3) is 4.40. The van der Waals surface area contributed by atoms with Crippen molar-refractivity contribution in [3.63, 3.8) is 0 Å². The van der Waals surface area contributed by atoms with Gasteiger partial charge in [-0.1, -0.05) is 0 Å². The summed E-state index contributed by atoms with van der Waals surface area (Å²) in [5, 5.41) is 11.0. The highest BCUT2D eigenvalue weighted by Gasteiger charge is 2.20. The summed E-state index contributed by atoms with van der Waals surface area (Å²) < 4.78 is 14.6. The van der Waals surface area contributed by atoms with Crippen LogP contribution in [0.15, 0.2) is 12.1 Å². The molecule has 22 heavy (non-hydrogen) atoms. The average Bonchev–Trinajstić information content (AvgIpc) is 2.49. The maximum Gasteiger partial charge on any atom is 0.441 e. The molecule has 0 saturated carbocycles. The summed E-state index contributed by atoms with van der Waals surface area (Å²) in [6.45, 7) is -0.468. The quantitative estimate of drug-likeness (QED) is 0.599. The van der Waals surface area contributed by atoms with Crippen LogP contribution in [0.5, 0.6) is 11.5 Å². The average molecular weight is 315 g/mol. The summed E-state index contributed by atoms with van der Waals surface area (Å²) in [5.74, 6) is 0.375. The van der Waals surface area contributed by atoms with Crippen LogP contribution < -0.4 is 20.7 Å². The largest absolute Gasteiger partial charge is 0.493 e. The fourth-order valence-electron chi connectivity index (χ4n) is 1.46. The van der Waals surface area contributed by atoms with Crippen molar-refractivity contribution in [2.24, 2.45) is 5.73 Å². The first-order valence-electron chi connectivity index (χ1n) is 5.67. The lowest BCUT2D eigenvalue weighted by Gasteiger charge is -2.11. The van der Waals surface area contributed by atoms with E-state index in [1.54, 1.807) is 5.48 Å². The highest BCUT2D eigenvalue weighted by molar-refractivity contribution is 5.70. The monoisotopic (exact) mass is 315 g/mol. The summed E-state index contributed by atoms with van der Waals surface area (Å²) >= 11 is 0. The molecule has 1 aromatic rings. The number of benzene rings is 1. The first-order valence-corrected chi connectivity index (χ1v) is 5.67. The van der Waals surface area contributed by atoms with Crippen LogP contribution in [0.25, 0.3) is 0 Å². The van der Waals surface area contributed by atoms with Gasteiger partial charge < -0.3 is 24.8 Å². The molecule has 0 spiro atoms. The normalized spacial score (nSPS) is 9.55. The van der Waals surface area contributed by atoms with Crippen LogP contribution >= 0.6 is 0 Å². The van der Waals surface area contributed by atoms with E-state index in [0.29, 0.717) is 0 Å². The van der Waals surface area contributed by atoms with Gasteiger partial charge in [-0.05, 0) is 6.07 Å². The Morgan fingerprint density at radius 1 is 1.27 bits per heavy atom. The van der Waals surface area contributed by atoms with E-state index in [2.05, 4.69) is 15.3 Å². The van der Waals surface area contributed by atoms with E-state index in [-0.39, 0.29) is 22.7 Å². The van der Waals surface area contributed by atoms with Gasteiger partial charge in [-0.2, -0.15) is 0 Å². The second-order valence-electron chi connectivity index (χ2n) is 3.69. The molecule has 0 aromatic heterocycles. The van der Waals surface area contributed by atoms with Gasteiger partial charge in [0.15, 0.2) is 11.5 Å². The Morgan fingerprint density at radius 3 is 2.36 bits per heavy atom. The number of carbonyl (C=O) groups excluding carboxylic acids is 2. The number of carbonyl (C=O) groups is 2. The zero-order valence-electron chi connectivity index (χ0n) is 11.7. The molecule has 11 heteroatoms. The van der Waals surface area contributed by atoms with Gasteiger partial charge in [-0.3, -0.25) is 10.1 Å². The smallest absolute Gasteiger partial charge is 0.441 e. The number of nitro groups is 1. The Bertz CT molecular complexity index is 589. The van der Waals surface area contributed by atoms with Crippen molar-refractivity contribution in [3.8, 4) is 11.5 Å². The minimum absolute atomic E-state index is 0.0527. The van der Waals surface area contributed by atoms with Crippen LogP contribution in [0.3, 0.4) is 0 Å². The lowest BCUT2D eigenvalue weighted by atomic mass is 10.1. The van der Waals surface area contributed by atoms with Crippen molar-refractivity contribution in [1.82, 2.24) is 5.48 Å². The van der Waals surface area contributed by atoms with Crippen molar-refractivity contribution >= 4 is 17.9 Å². The maximum absolute atomic E-state index is 11.2. The minimum Gasteiger partial charge on any atom is -0.493 e. The molecule has 1 rings (SSSR count). The first kappa shape index (κ1) is 16.8. The maximum atomic E-state index is 11.2. The number of hydrogen-bond acceptors (Lipinski definition) is 8. The van der Waals surface area contributed by atoms with Crippen molar-refractivity contribution in [1.29, 1.82) is 0 Å². The Balaban J connectivity index is 2.90. The molecule has 2 amide bonds. The summed E-state index contributed by atoms with van der Waals surface area (Å²) in [7, 11) is 2.67. The van der Waals surface area contributed by atoms with Gasteiger partial charge in [0.2, 0.25) is 0 Å². The highest BCUT2D eigenvalue weighted by atomic mass is 16.7. The van der Waals surface area contributed by atoms with Gasteiger partial charge >= 0.3 is 12.2 Å². The van der Waals surface area contributed by atoms with E-state index >= 15 is 0 Å². The summed E-state index contributed by atoms with van der Waals surface area (Å²) in [6, 6.07) is 2.43. The van der Waals surface area contributed by atoms with Gasteiger partial charge in [-0.15, -0.1) is 5.48 Å². The zero-order chi connectivity index (χ0) is 16.7.